The van der Waals surface area contributed by atoms with Crippen LogP contribution < -0.4 is 10.2 Å². The maximum atomic E-state index is 12.7. The number of nitrogens with one attached hydrogen (secondary N) is 1. The summed E-state index contributed by atoms with van der Waals surface area (Å²) in [7, 11) is 0. The standard InChI is InChI=1S/C23H23N3O2/c1-4-13-28-22-12-11-18-7-5-6-8-20(18)21(22)14-19(15-24)23(27)25-26-16(2)9-10-17(26)3/h5-12,14H,4,13H2,1-3H3,(H,25,27)/b19-14+. The number of hydrogen-bond donors (Lipinski definition) is 1. The monoisotopic (exact) mass is 373 g/mol. The van der Waals surface area contributed by atoms with Crippen LogP contribution in [0.5, 0.6) is 5.75 Å². The zero-order chi connectivity index (χ0) is 20.1. The third kappa shape index (κ3) is 3.91. The number of rotatable bonds is 6. The molecule has 0 fully saturated rings. The highest BCUT2D eigenvalue weighted by Gasteiger charge is 2.15. The molecule has 142 valence electrons. The van der Waals surface area contributed by atoms with Gasteiger partial charge in [-0.1, -0.05) is 37.3 Å². The minimum absolute atomic E-state index is 0.0187. The third-order valence-electron chi connectivity index (χ3n) is 4.53. The van der Waals surface area contributed by atoms with E-state index in [9.17, 15) is 10.1 Å². The number of ether oxygens (including phenoxy) is 1. The fraction of sp³-hybridized carbons (Fsp3) is 0.217. The summed E-state index contributed by atoms with van der Waals surface area (Å²) < 4.78 is 7.54. The zero-order valence-electron chi connectivity index (χ0n) is 16.3. The van der Waals surface area contributed by atoms with Crippen LogP contribution in [0.1, 0.15) is 30.3 Å². The predicted octanol–water partition coefficient (Wildman–Crippen LogP) is 4.72. The van der Waals surface area contributed by atoms with E-state index in [1.165, 1.54) is 0 Å². The predicted molar refractivity (Wildman–Crippen MR) is 112 cm³/mol. The highest BCUT2D eigenvalue weighted by molar-refractivity contribution is 6.08. The SMILES string of the molecule is CCCOc1ccc2ccccc2c1/C=C(\C#N)C(=O)Nn1c(C)ccc1C. The van der Waals surface area contributed by atoms with Crippen molar-refractivity contribution < 1.29 is 9.53 Å². The van der Waals surface area contributed by atoms with Gasteiger partial charge in [-0.25, -0.2) is 0 Å². The second kappa shape index (κ2) is 8.45. The molecule has 0 radical (unpaired) electrons. The van der Waals surface area contributed by atoms with Gasteiger partial charge >= 0.3 is 0 Å². The molecule has 0 aliphatic rings. The van der Waals surface area contributed by atoms with Gasteiger partial charge in [0.15, 0.2) is 0 Å². The van der Waals surface area contributed by atoms with Crippen molar-refractivity contribution in [3.8, 4) is 11.8 Å². The van der Waals surface area contributed by atoms with E-state index >= 15 is 0 Å². The normalized spacial score (nSPS) is 11.3. The first-order chi connectivity index (χ1) is 13.5. The number of hydrogen-bond acceptors (Lipinski definition) is 3. The second-order valence-electron chi connectivity index (χ2n) is 6.61. The van der Waals surface area contributed by atoms with E-state index in [1.807, 2.05) is 75.4 Å². The molecule has 0 saturated heterocycles. The van der Waals surface area contributed by atoms with Crippen molar-refractivity contribution in [2.24, 2.45) is 0 Å². The Kier molecular flexibility index (Phi) is 5.81. The van der Waals surface area contributed by atoms with E-state index in [1.54, 1.807) is 10.8 Å². The van der Waals surface area contributed by atoms with Gasteiger partial charge in [0, 0.05) is 17.0 Å². The lowest BCUT2D eigenvalue weighted by Gasteiger charge is -2.13. The Balaban J connectivity index is 2.05. The molecule has 1 aromatic heterocycles. The van der Waals surface area contributed by atoms with Crippen molar-refractivity contribution in [3.05, 3.63) is 71.1 Å². The number of carbonyl (C=O) groups is 1. The van der Waals surface area contributed by atoms with Crippen LogP contribution >= 0.6 is 0 Å². The average Bonchev–Trinajstić information content (AvgIpc) is 3.02. The van der Waals surface area contributed by atoms with E-state index in [2.05, 4.69) is 5.43 Å². The van der Waals surface area contributed by atoms with Gasteiger partial charge in [0.1, 0.15) is 17.4 Å². The van der Waals surface area contributed by atoms with Gasteiger partial charge in [0.2, 0.25) is 0 Å². The molecule has 0 atom stereocenters. The molecule has 1 N–H and O–H groups in total. The van der Waals surface area contributed by atoms with Crippen LogP contribution in [0.25, 0.3) is 16.8 Å². The number of fused-ring (bicyclic) bond motifs is 1. The molecule has 0 bridgehead atoms. The third-order valence-corrected chi connectivity index (χ3v) is 4.53. The molecule has 0 spiro atoms. The Morgan fingerprint density at radius 2 is 1.86 bits per heavy atom. The summed E-state index contributed by atoms with van der Waals surface area (Å²) >= 11 is 0. The van der Waals surface area contributed by atoms with Crippen LogP contribution in [0, 0.1) is 25.2 Å². The molecule has 3 aromatic rings. The topological polar surface area (TPSA) is 67.0 Å². The number of carbonyl (C=O) groups excluding carboxylic acids is 1. The first-order valence-corrected chi connectivity index (χ1v) is 9.27. The summed E-state index contributed by atoms with van der Waals surface area (Å²) in [5.74, 6) is 0.203. The fourth-order valence-corrected chi connectivity index (χ4v) is 3.06. The van der Waals surface area contributed by atoms with Gasteiger partial charge in [-0.15, -0.1) is 0 Å². The summed E-state index contributed by atoms with van der Waals surface area (Å²) in [4.78, 5) is 12.7. The minimum atomic E-state index is -0.459. The van der Waals surface area contributed by atoms with Gasteiger partial charge in [-0.05, 0) is 55.3 Å². The summed E-state index contributed by atoms with van der Waals surface area (Å²) in [5, 5.41) is 11.6. The van der Waals surface area contributed by atoms with Gasteiger partial charge in [-0.3, -0.25) is 14.9 Å². The second-order valence-corrected chi connectivity index (χ2v) is 6.61. The van der Waals surface area contributed by atoms with Crippen LogP contribution in [-0.2, 0) is 4.79 Å². The first kappa shape index (κ1) is 19.2. The maximum Gasteiger partial charge on any atom is 0.280 e. The fourth-order valence-electron chi connectivity index (χ4n) is 3.06. The van der Waals surface area contributed by atoms with Crippen molar-refractivity contribution in [1.29, 1.82) is 5.26 Å². The molecule has 3 rings (SSSR count). The van der Waals surface area contributed by atoms with E-state index < -0.39 is 5.91 Å². The Morgan fingerprint density at radius 1 is 1.14 bits per heavy atom. The molecule has 0 saturated carbocycles. The maximum absolute atomic E-state index is 12.7. The number of nitriles is 1. The number of benzene rings is 2. The molecule has 0 unspecified atom stereocenters. The molecule has 2 aromatic carbocycles. The average molecular weight is 373 g/mol. The number of aromatic nitrogens is 1. The molecular weight excluding hydrogens is 350 g/mol. The zero-order valence-corrected chi connectivity index (χ0v) is 16.3. The molecule has 5 heteroatoms. The van der Waals surface area contributed by atoms with E-state index in [0.717, 1.165) is 34.1 Å². The van der Waals surface area contributed by atoms with E-state index in [-0.39, 0.29) is 5.57 Å². The van der Waals surface area contributed by atoms with Crippen molar-refractivity contribution in [2.75, 3.05) is 12.0 Å². The van der Waals surface area contributed by atoms with Crippen LogP contribution in [0.4, 0.5) is 0 Å². The molecule has 28 heavy (non-hydrogen) atoms. The molecule has 1 heterocycles. The Bertz CT molecular complexity index is 1070. The largest absolute Gasteiger partial charge is 0.493 e. The molecule has 1 amide bonds. The summed E-state index contributed by atoms with van der Waals surface area (Å²) in [6.07, 6.45) is 2.48. The lowest BCUT2D eigenvalue weighted by molar-refractivity contribution is -0.113. The van der Waals surface area contributed by atoms with Crippen molar-refractivity contribution in [3.63, 3.8) is 0 Å². The van der Waals surface area contributed by atoms with Gasteiger partial charge in [-0.2, -0.15) is 5.26 Å². The first-order valence-electron chi connectivity index (χ1n) is 9.27. The van der Waals surface area contributed by atoms with Crippen LogP contribution in [0.15, 0.2) is 54.1 Å². The molecule has 5 nitrogen and oxygen atoms in total. The number of nitrogens with zero attached hydrogens (tertiary/aromatic N) is 2. The summed E-state index contributed by atoms with van der Waals surface area (Å²) in [5.41, 5.74) is 5.32. The smallest absolute Gasteiger partial charge is 0.280 e. The highest BCUT2D eigenvalue weighted by Crippen LogP contribution is 2.30. The molecule has 0 aliphatic carbocycles. The Labute approximate surface area is 164 Å². The molecule has 0 aliphatic heterocycles. The van der Waals surface area contributed by atoms with Crippen LogP contribution in [0.2, 0.25) is 0 Å². The Morgan fingerprint density at radius 3 is 2.54 bits per heavy atom. The lowest BCUT2D eigenvalue weighted by atomic mass is 10.0. The summed E-state index contributed by atoms with van der Waals surface area (Å²) in [6, 6.07) is 17.6. The van der Waals surface area contributed by atoms with Gasteiger partial charge in [0.05, 0.1) is 6.61 Å². The number of aryl methyl sites for hydroxylation is 2. The van der Waals surface area contributed by atoms with Gasteiger partial charge < -0.3 is 4.74 Å². The lowest BCUT2D eigenvalue weighted by Crippen LogP contribution is -2.25. The minimum Gasteiger partial charge on any atom is -0.493 e. The number of amides is 1. The quantitative estimate of drug-likeness (QED) is 0.502. The van der Waals surface area contributed by atoms with Gasteiger partial charge in [0.25, 0.3) is 5.91 Å². The highest BCUT2D eigenvalue weighted by atomic mass is 16.5. The van der Waals surface area contributed by atoms with Crippen molar-refractivity contribution >= 4 is 22.8 Å². The van der Waals surface area contributed by atoms with Crippen LogP contribution in [0.3, 0.4) is 0 Å². The van der Waals surface area contributed by atoms with E-state index in [4.69, 9.17) is 4.74 Å². The van der Waals surface area contributed by atoms with Crippen molar-refractivity contribution in [2.45, 2.75) is 27.2 Å². The van der Waals surface area contributed by atoms with Crippen molar-refractivity contribution in [1.82, 2.24) is 4.68 Å². The molecular formula is C23H23N3O2. The van der Waals surface area contributed by atoms with E-state index in [0.29, 0.717) is 12.4 Å². The Hall–Kier alpha value is -3.52. The summed E-state index contributed by atoms with van der Waals surface area (Å²) in [6.45, 7) is 6.39. The van der Waals surface area contributed by atoms with Crippen LogP contribution in [-0.4, -0.2) is 17.2 Å².